The fraction of sp³-hybridized carbons (Fsp3) is 0.250. The predicted octanol–water partition coefficient (Wildman–Crippen LogP) is 5.01. The molecule has 3 aromatic carbocycles. The van der Waals surface area contributed by atoms with E-state index in [1.807, 2.05) is 40.8 Å². The Morgan fingerprint density at radius 3 is 2.55 bits per heavy atom. The minimum Gasteiger partial charge on any atom is -0.454 e. The highest BCUT2D eigenvalue weighted by Gasteiger charge is 2.19. The van der Waals surface area contributed by atoms with Gasteiger partial charge in [0.25, 0.3) is 5.91 Å². The molecule has 6 rings (SSSR count). The number of imidazole rings is 1. The van der Waals surface area contributed by atoms with Gasteiger partial charge in [-0.2, -0.15) is 9.97 Å². The van der Waals surface area contributed by atoms with Crippen molar-refractivity contribution in [2.75, 3.05) is 44.2 Å². The zero-order chi connectivity index (χ0) is 30.8. The first-order valence-electron chi connectivity index (χ1n) is 14.1. The Bertz CT molecular complexity index is 1820. The van der Waals surface area contributed by atoms with Gasteiger partial charge in [-0.15, -0.1) is 0 Å². The largest absolute Gasteiger partial charge is 0.454 e. The Hall–Kier alpha value is -5.26. The van der Waals surface area contributed by atoms with Crippen LogP contribution in [0.1, 0.15) is 27.0 Å². The number of fused-ring (bicyclic) bond motifs is 2. The van der Waals surface area contributed by atoms with Gasteiger partial charge in [0.05, 0.1) is 12.9 Å². The summed E-state index contributed by atoms with van der Waals surface area (Å²) >= 11 is 0. The van der Waals surface area contributed by atoms with Crippen LogP contribution in [0.5, 0.6) is 11.5 Å². The number of nitrogens with one attached hydrogen (secondary N) is 1. The van der Waals surface area contributed by atoms with Gasteiger partial charge >= 0.3 is 0 Å². The van der Waals surface area contributed by atoms with Gasteiger partial charge < -0.3 is 29.2 Å². The van der Waals surface area contributed by atoms with Crippen molar-refractivity contribution < 1.29 is 23.0 Å². The van der Waals surface area contributed by atoms with Crippen LogP contribution >= 0.6 is 0 Å². The number of hydrogen-bond acceptors (Lipinski definition) is 8. The molecule has 5 aromatic rings. The molecule has 2 aromatic heterocycles. The third kappa shape index (κ3) is 6.24. The molecule has 0 fully saturated rings. The summed E-state index contributed by atoms with van der Waals surface area (Å²) in [5.41, 5.74) is 4.46. The molecule has 0 aliphatic carbocycles. The Kier molecular flexibility index (Phi) is 7.97. The standard InChI is InChI=1S/C32H31F2N7O3/c1-20-5-4-6-22(11-20)17-41-18-36-28-29(35-16-21-7-8-26-27(12-21)44-19-43-26)37-32(38-30(28)41)40(3)10-9-39(2)31(42)23-13-24(33)15-25(34)14-23/h4-8,11-15,18H,9-10,16-17,19H2,1-3H3,(H,35,37,38). The first-order valence-corrected chi connectivity index (χ1v) is 14.1. The molecule has 3 heterocycles. The highest BCUT2D eigenvalue weighted by atomic mass is 19.1. The van der Waals surface area contributed by atoms with Gasteiger partial charge in [0, 0.05) is 45.4 Å². The SMILES string of the molecule is Cc1cccc(Cn2cnc3c(NCc4ccc5c(c4)OCO5)nc(N(C)CCN(C)C(=O)c4cc(F)cc(F)c4)nc32)c1. The molecule has 1 N–H and O–H groups in total. The number of hydrogen-bond donors (Lipinski definition) is 1. The lowest BCUT2D eigenvalue weighted by Crippen LogP contribution is -2.35. The number of aromatic nitrogens is 4. The summed E-state index contributed by atoms with van der Waals surface area (Å²) in [6, 6.07) is 16.8. The molecule has 0 atom stereocenters. The van der Waals surface area contributed by atoms with Crippen molar-refractivity contribution in [2.45, 2.75) is 20.0 Å². The predicted molar refractivity (Wildman–Crippen MR) is 162 cm³/mol. The summed E-state index contributed by atoms with van der Waals surface area (Å²) in [6.07, 6.45) is 1.75. The number of likely N-dealkylation sites (N-methyl/N-ethyl adjacent to an activating group) is 2. The third-order valence-corrected chi connectivity index (χ3v) is 7.35. The van der Waals surface area contributed by atoms with Crippen LogP contribution in [0.4, 0.5) is 20.5 Å². The van der Waals surface area contributed by atoms with Crippen molar-refractivity contribution in [3.63, 3.8) is 0 Å². The fourth-order valence-electron chi connectivity index (χ4n) is 4.99. The van der Waals surface area contributed by atoms with Crippen molar-refractivity contribution >= 4 is 28.8 Å². The van der Waals surface area contributed by atoms with Crippen molar-refractivity contribution in [1.82, 2.24) is 24.4 Å². The molecular formula is C32H31F2N7O3. The number of aryl methyl sites for hydroxylation is 1. The second-order valence-electron chi connectivity index (χ2n) is 10.8. The third-order valence-electron chi connectivity index (χ3n) is 7.35. The number of rotatable bonds is 10. The first kappa shape index (κ1) is 28.8. The van der Waals surface area contributed by atoms with Crippen LogP contribution < -0.4 is 19.7 Å². The summed E-state index contributed by atoms with van der Waals surface area (Å²) in [6.45, 7) is 3.90. The Morgan fingerprint density at radius 2 is 1.75 bits per heavy atom. The molecule has 0 saturated heterocycles. The Balaban J connectivity index is 1.25. The second kappa shape index (κ2) is 12.2. The maximum absolute atomic E-state index is 13.7. The van der Waals surface area contributed by atoms with Crippen molar-refractivity contribution in [3.05, 3.63) is 101 Å². The lowest BCUT2D eigenvalue weighted by Gasteiger charge is -2.23. The molecule has 1 aliphatic heterocycles. The number of ether oxygens (including phenoxy) is 2. The second-order valence-corrected chi connectivity index (χ2v) is 10.8. The monoisotopic (exact) mass is 599 g/mol. The van der Waals surface area contributed by atoms with Gasteiger partial charge in [0.15, 0.2) is 28.5 Å². The molecule has 0 saturated carbocycles. The summed E-state index contributed by atoms with van der Waals surface area (Å²) in [4.78, 5) is 30.4. The van der Waals surface area contributed by atoms with Gasteiger partial charge in [-0.25, -0.2) is 13.8 Å². The number of anilines is 2. The fourth-order valence-corrected chi connectivity index (χ4v) is 4.99. The van der Waals surface area contributed by atoms with E-state index in [4.69, 9.17) is 19.4 Å². The van der Waals surface area contributed by atoms with E-state index in [9.17, 15) is 13.6 Å². The van der Waals surface area contributed by atoms with Gasteiger partial charge in [0.1, 0.15) is 11.6 Å². The molecule has 10 nitrogen and oxygen atoms in total. The van der Waals surface area contributed by atoms with Crippen molar-refractivity contribution in [1.29, 1.82) is 0 Å². The van der Waals surface area contributed by atoms with Crippen LogP contribution in [-0.2, 0) is 13.1 Å². The minimum atomic E-state index is -0.802. The average Bonchev–Trinajstić information content (AvgIpc) is 3.64. The molecule has 0 bridgehead atoms. The molecule has 0 radical (unpaired) electrons. The normalized spacial score (nSPS) is 12.0. The zero-order valence-electron chi connectivity index (χ0n) is 24.6. The summed E-state index contributed by atoms with van der Waals surface area (Å²) < 4.78 is 40.3. The van der Waals surface area contributed by atoms with Gasteiger partial charge in [-0.3, -0.25) is 4.79 Å². The highest BCUT2D eigenvalue weighted by molar-refractivity contribution is 5.94. The molecular weight excluding hydrogens is 568 g/mol. The average molecular weight is 600 g/mol. The molecule has 44 heavy (non-hydrogen) atoms. The number of carbonyl (C=O) groups excluding carboxylic acids is 1. The van der Waals surface area contributed by atoms with E-state index in [1.54, 1.807) is 13.4 Å². The van der Waals surface area contributed by atoms with Gasteiger partial charge in [-0.05, 0) is 42.3 Å². The zero-order valence-corrected chi connectivity index (χ0v) is 24.6. The number of amides is 1. The first-order chi connectivity index (χ1) is 21.2. The highest BCUT2D eigenvalue weighted by Crippen LogP contribution is 2.33. The smallest absolute Gasteiger partial charge is 0.253 e. The van der Waals surface area contributed by atoms with Gasteiger partial charge in [-0.1, -0.05) is 35.9 Å². The van der Waals surface area contributed by atoms with E-state index >= 15 is 0 Å². The molecule has 0 unspecified atom stereocenters. The van der Waals surface area contributed by atoms with E-state index in [1.165, 1.54) is 4.90 Å². The molecule has 0 spiro atoms. The number of nitrogens with zero attached hydrogens (tertiary/aromatic N) is 6. The number of halogens is 2. The maximum Gasteiger partial charge on any atom is 0.253 e. The molecule has 1 amide bonds. The summed E-state index contributed by atoms with van der Waals surface area (Å²) in [5, 5.41) is 3.41. The van der Waals surface area contributed by atoms with Crippen LogP contribution in [0, 0.1) is 18.6 Å². The van der Waals surface area contributed by atoms with Gasteiger partial charge in [0.2, 0.25) is 12.7 Å². The summed E-state index contributed by atoms with van der Waals surface area (Å²) in [5.74, 6) is 0.289. The van der Waals surface area contributed by atoms with E-state index < -0.39 is 17.5 Å². The maximum atomic E-state index is 13.7. The topological polar surface area (TPSA) is 97.6 Å². The lowest BCUT2D eigenvalue weighted by molar-refractivity contribution is 0.0797. The Labute approximate surface area is 252 Å². The van der Waals surface area contributed by atoms with E-state index in [2.05, 4.69) is 35.4 Å². The lowest BCUT2D eigenvalue weighted by atomic mass is 10.1. The molecule has 1 aliphatic rings. The van der Waals surface area contributed by atoms with E-state index in [0.717, 1.165) is 34.9 Å². The summed E-state index contributed by atoms with van der Waals surface area (Å²) in [7, 11) is 3.41. The Morgan fingerprint density at radius 1 is 0.955 bits per heavy atom. The van der Waals surface area contributed by atoms with Crippen molar-refractivity contribution in [3.8, 4) is 11.5 Å². The minimum absolute atomic E-state index is 0.0552. The van der Waals surface area contributed by atoms with E-state index in [-0.39, 0.29) is 18.9 Å². The molecule has 226 valence electrons. The van der Waals surface area contributed by atoms with Crippen LogP contribution in [0.2, 0.25) is 0 Å². The number of carbonyl (C=O) groups is 1. The van der Waals surface area contributed by atoms with Crippen LogP contribution in [0.15, 0.2) is 67.0 Å². The van der Waals surface area contributed by atoms with Crippen LogP contribution in [0.3, 0.4) is 0 Å². The van der Waals surface area contributed by atoms with E-state index in [0.29, 0.717) is 54.1 Å². The van der Waals surface area contributed by atoms with Crippen LogP contribution in [-0.4, -0.2) is 64.3 Å². The molecule has 12 heteroatoms. The van der Waals surface area contributed by atoms with Crippen molar-refractivity contribution in [2.24, 2.45) is 0 Å². The quantitative estimate of drug-likeness (QED) is 0.239. The van der Waals surface area contributed by atoms with Crippen LogP contribution in [0.25, 0.3) is 11.2 Å². The number of benzene rings is 3.